The Balaban J connectivity index is 1.99. The largest absolute Gasteiger partial charge is 0.434 e. The molecule has 11 heteroatoms. The fourth-order valence-corrected chi connectivity index (χ4v) is 4.23. The average Bonchev–Trinajstić information content (AvgIpc) is 3.06. The number of amidine groups is 1. The van der Waals surface area contributed by atoms with Crippen molar-refractivity contribution in [2.75, 3.05) is 5.32 Å². The van der Waals surface area contributed by atoms with Crippen LogP contribution in [0.25, 0.3) is 0 Å². The third-order valence-corrected chi connectivity index (χ3v) is 5.81. The van der Waals surface area contributed by atoms with E-state index in [1.54, 1.807) is 6.92 Å². The maximum atomic E-state index is 14.6. The second-order valence-electron chi connectivity index (χ2n) is 7.77. The van der Waals surface area contributed by atoms with E-state index in [2.05, 4.69) is 20.3 Å². The van der Waals surface area contributed by atoms with Crippen molar-refractivity contribution in [3.05, 3.63) is 57.9 Å². The van der Waals surface area contributed by atoms with Gasteiger partial charge in [-0.3, -0.25) is 4.99 Å². The van der Waals surface area contributed by atoms with Crippen LogP contribution in [0.1, 0.15) is 49.4 Å². The number of rotatable bonds is 2. The quantitative estimate of drug-likeness (QED) is 0.579. The molecule has 0 saturated heterocycles. The van der Waals surface area contributed by atoms with Gasteiger partial charge in [-0.2, -0.15) is 13.2 Å². The van der Waals surface area contributed by atoms with E-state index >= 15 is 0 Å². The summed E-state index contributed by atoms with van der Waals surface area (Å²) in [5.41, 5.74) is -4.21. The van der Waals surface area contributed by atoms with Gasteiger partial charge in [0, 0.05) is 5.56 Å². The van der Waals surface area contributed by atoms with Crippen LogP contribution in [0.4, 0.5) is 27.6 Å². The van der Waals surface area contributed by atoms with Crippen molar-refractivity contribution in [3.63, 3.8) is 0 Å². The fourth-order valence-electron chi connectivity index (χ4n) is 3.88. The first kappa shape index (κ1) is 22.6. The van der Waals surface area contributed by atoms with Crippen molar-refractivity contribution in [1.82, 2.24) is 4.98 Å². The van der Waals surface area contributed by atoms with Crippen LogP contribution in [0.2, 0.25) is 5.02 Å². The van der Waals surface area contributed by atoms with Gasteiger partial charge in [0.15, 0.2) is 11.4 Å². The molecule has 1 aliphatic carbocycles. The summed E-state index contributed by atoms with van der Waals surface area (Å²) in [6.45, 7) is 1.54. The van der Waals surface area contributed by atoms with Gasteiger partial charge in [0.25, 0.3) is 0 Å². The standard InChI is InChI=1S/C21H18ClF5N4O/c1-10-19(31-20(32)7-2-3-8-20)30-13-9-28-18(21(25,26)27)16(22)15(13)17(29-10)14-11(23)5-4-6-12(14)24/h4-6,9-10,32H,2-3,7-8H2,1H3,(H,30,31). The SMILES string of the molecule is CC1N=C(c2c(F)cccc2F)c2c(cnc(C(F)(F)F)c2Cl)N/C1=N\C1(O)CCCC1. The van der Waals surface area contributed by atoms with E-state index in [9.17, 15) is 27.1 Å². The monoisotopic (exact) mass is 472 g/mol. The number of nitrogens with one attached hydrogen (secondary N) is 1. The van der Waals surface area contributed by atoms with Crippen LogP contribution in [0, 0.1) is 11.6 Å². The Morgan fingerprint density at radius 2 is 1.78 bits per heavy atom. The van der Waals surface area contributed by atoms with Gasteiger partial charge in [-0.25, -0.2) is 18.8 Å². The Hall–Kier alpha value is -2.59. The van der Waals surface area contributed by atoms with Crippen LogP contribution < -0.4 is 5.32 Å². The zero-order valence-corrected chi connectivity index (χ0v) is 17.5. The molecule has 1 aromatic carbocycles. The first-order chi connectivity index (χ1) is 15.0. The molecule has 0 radical (unpaired) electrons. The van der Waals surface area contributed by atoms with E-state index in [0.29, 0.717) is 12.8 Å². The molecular formula is C21H18ClF5N4O. The summed E-state index contributed by atoms with van der Waals surface area (Å²) in [5.74, 6) is -1.91. The van der Waals surface area contributed by atoms with Gasteiger partial charge in [0.2, 0.25) is 0 Å². The molecule has 1 aromatic heterocycles. The predicted octanol–water partition coefficient (Wildman–Crippen LogP) is 5.34. The van der Waals surface area contributed by atoms with E-state index in [1.807, 2.05) is 0 Å². The minimum atomic E-state index is -4.90. The first-order valence-electron chi connectivity index (χ1n) is 9.87. The molecule has 2 heterocycles. The number of aliphatic imine (C=N–C) groups is 2. The lowest BCUT2D eigenvalue weighted by Crippen LogP contribution is -2.31. The molecular weight excluding hydrogens is 455 g/mol. The minimum Gasteiger partial charge on any atom is -0.369 e. The van der Waals surface area contributed by atoms with E-state index in [-0.39, 0.29) is 17.1 Å². The number of aliphatic hydroxyl groups is 1. The lowest BCUT2D eigenvalue weighted by molar-refractivity contribution is -0.141. The third kappa shape index (κ3) is 4.09. The third-order valence-electron chi connectivity index (χ3n) is 5.44. The normalized spacial score (nSPS) is 21.7. The molecule has 32 heavy (non-hydrogen) atoms. The molecule has 2 N–H and O–H groups in total. The molecule has 1 atom stereocenters. The van der Waals surface area contributed by atoms with Gasteiger partial charge in [0.05, 0.1) is 28.2 Å². The van der Waals surface area contributed by atoms with Gasteiger partial charge in [-0.15, -0.1) is 0 Å². The van der Waals surface area contributed by atoms with Crippen molar-refractivity contribution in [2.45, 2.75) is 50.6 Å². The molecule has 1 saturated carbocycles. The van der Waals surface area contributed by atoms with Crippen LogP contribution >= 0.6 is 11.6 Å². The molecule has 1 fully saturated rings. The summed E-state index contributed by atoms with van der Waals surface area (Å²) in [6.07, 6.45) is -1.71. The maximum absolute atomic E-state index is 14.6. The maximum Gasteiger partial charge on any atom is 0.434 e. The lowest BCUT2D eigenvalue weighted by Gasteiger charge is -2.21. The Kier molecular flexibility index (Phi) is 5.70. The van der Waals surface area contributed by atoms with Crippen LogP contribution in [-0.4, -0.2) is 33.4 Å². The first-order valence-corrected chi connectivity index (χ1v) is 10.3. The molecule has 0 amide bonds. The number of hydrogen-bond acceptors (Lipinski definition) is 4. The molecule has 0 spiro atoms. The summed E-state index contributed by atoms with van der Waals surface area (Å²) in [6, 6.07) is 2.19. The smallest absolute Gasteiger partial charge is 0.369 e. The van der Waals surface area contributed by atoms with Crippen molar-refractivity contribution < 1.29 is 27.1 Å². The zero-order chi connectivity index (χ0) is 23.3. The van der Waals surface area contributed by atoms with E-state index in [0.717, 1.165) is 37.2 Å². The molecule has 1 unspecified atom stereocenters. The summed E-state index contributed by atoms with van der Waals surface area (Å²) < 4.78 is 69.7. The minimum absolute atomic E-state index is 0.0610. The van der Waals surface area contributed by atoms with Crippen LogP contribution in [-0.2, 0) is 6.18 Å². The number of nitrogens with zero attached hydrogens (tertiary/aromatic N) is 3. The van der Waals surface area contributed by atoms with E-state index in [1.165, 1.54) is 0 Å². The summed E-state index contributed by atoms with van der Waals surface area (Å²) in [7, 11) is 0. The highest BCUT2D eigenvalue weighted by Gasteiger charge is 2.39. The predicted molar refractivity (Wildman–Crippen MR) is 110 cm³/mol. The Labute approximate surface area is 185 Å². The molecule has 170 valence electrons. The van der Waals surface area contributed by atoms with E-state index in [4.69, 9.17) is 11.6 Å². The molecule has 4 rings (SSSR count). The van der Waals surface area contributed by atoms with Crippen LogP contribution in [0.15, 0.2) is 34.4 Å². The second-order valence-corrected chi connectivity index (χ2v) is 8.15. The van der Waals surface area contributed by atoms with Crippen molar-refractivity contribution in [3.8, 4) is 0 Å². The number of aromatic nitrogens is 1. The molecule has 5 nitrogen and oxygen atoms in total. The average molecular weight is 473 g/mol. The summed E-state index contributed by atoms with van der Waals surface area (Å²) >= 11 is 6.09. The van der Waals surface area contributed by atoms with Crippen LogP contribution in [0.5, 0.6) is 0 Å². The highest BCUT2D eigenvalue weighted by molar-refractivity contribution is 6.38. The van der Waals surface area contributed by atoms with Crippen LogP contribution in [0.3, 0.4) is 0 Å². The van der Waals surface area contributed by atoms with Crippen molar-refractivity contribution >= 4 is 28.8 Å². The number of anilines is 1. The summed E-state index contributed by atoms with van der Waals surface area (Å²) in [4.78, 5) is 12.1. The van der Waals surface area contributed by atoms with Crippen molar-refractivity contribution in [2.24, 2.45) is 9.98 Å². The molecule has 1 aliphatic heterocycles. The lowest BCUT2D eigenvalue weighted by atomic mass is 9.99. The van der Waals surface area contributed by atoms with Crippen molar-refractivity contribution in [1.29, 1.82) is 0 Å². The number of alkyl halides is 3. The van der Waals surface area contributed by atoms with Gasteiger partial charge in [0.1, 0.15) is 23.5 Å². The van der Waals surface area contributed by atoms with E-state index < -0.39 is 51.6 Å². The van der Waals surface area contributed by atoms with Gasteiger partial charge in [-0.05, 0) is 44.7 Å². The summed E-state index contributed by atoms with van der Waals surface area (Å²) in [5, 5.41) is 12.7. The van der Waals surface area contributed by atoms with Gasteiger partial charge >= 0.3 is 6.18 Å². The van der Waals surface area contributed by atoms with Gasteiger partial charge < -0.3 is 10.4 Å². The second kappa shape index (κ2) is 8.08. The fraction of sp³-hybridized carbons (Fsp3) is 0.381. The zero-order valence-electron chi connectivity index (χ0n) is 16.8. The number of fused-ring (bicyclic) bond motifs is 1. The number of halogens is 6. The number of benzene rings is 1. The Morgan fingerprint density at radius 1 is 1.16 bits per heavy atom. The highest BCUT2D eigenvalue weighted by atomic mass is 35.5. The topological polar surface area (TPSA) is 69.9 Å². The molecule has 2 aromatic rings. The molecule has 2 aliphatic rings. The highest BCUT2D eigenvalue weighted by Crippen LogP contribution is 2.40. The number of pyridine rings is 1. The molecule has 0 bridgehead atoms. The Morgan fingerprint density at radius 3 is 2.38 bits per heavy atom. The Bertz CT molecular complexity index is 1110. The van der Waals surface area contributed by atoms with Gasteiger partial charge in [-0.1, -0.05) is 17.7 Å². The number of hydrogen-bond donors (Lipinski definition) is 2.